The molecule has 4 nitrogen and oxygen atoms in total. The Balaban J connectivity index is 2.18. The summed E-state index contributed by atoms with van der Waals surface area (Å²) in [6, 6.07) is 6.37. The zero-order valence-electron chi connectivity index (χ0n) is 12.8. The van der Waals surface area contributed by atoms with Gasteiger partial charge >= 0.3 is 0 Å². The average Bonchev–Trinajstić information content (AvgIpc) is 2.49. The summed E-state index contributed by atoms with van der Waals surface area (Å²) in [4.78, 5) is 2.49. The fourth-order valence-corrected chi connectivity index (χ4v) is 2.90. The number of nitrogens with two attached hydrogens (primary N) is 1. The smallest absolute Gasteiger partial charge is 0.161 e. The van der Waals surface area contributed by atoms with E-state index < -0.39 is 0 Å². The Morgan fingerprint density at radius 1 is 1.20 bits per heavy atom. The van der Waals surface area contributed by atoms with Gasteiger partial charge in [0.05, 0.1) is 14.2 Å². The van der Waals surface area contributed by atoms with Crippen LogP contribution in [0.15, 0.2) is 18.2 Å². The van der Waals surface area contributed by atoms with E-state index in [0.717, 1.165) is 30.5 Å². The molecule has 1 atom stereocenters. The summed E-state index contributed by atoms with van der Waals surface area (Å²) in [5, 5.41) is 0. The van der Waals surface area contributed by atoms with Gasteiger partial charge in [0.25, 0.3) is 0 Å². The van der Waals surface area contributed by atoms with Crippen molar-refractivity contribution in [1.82, 2.24) is 4.90 Å². The highest BCUT2D eigenvalue weighted by atomic mass is 16.5. The zero-order chi connectivity index (χ0) is 14.5. The van der Waals surface area contributed by atoms with Crippen molar-refractivity contribution in [3.05, 3.63) is 23.8 Å². The number of piperidine rings is 1. The predicted octanol–water partition coefficient (Wildman–Crippen LogP) is 2.44. The van der Waals surface area contributed by atoms with Crippen molar-refractivity contribution in [1.29, 1.82) is 0 Å². The van der Waals surface area contributed by atoms with Crippen molar-refractivity contribution in [3.8, 4) is 11.5 Å². The molecule has 0 radical (unpaired) electrons. The molecular weight excluding hydrogens is 252 g/mol. The van der Waals surface area contributed by atoms with Crippen molar-refractivity contribution in [3.63, 3.8) is 0 Å². The van der Waals surface area contributed by atoms with Crippen molar-refractivity contribution in [2.24, 2.45) is 11.7 Å². The lowest BCUT2D eigenvalue weighted by Gasteiger charge is -2.36. The van der Waals surface area contributed by atoms with Crippen LogP contribution >= 0.6 is 0 Å². The van der Waals surface area contributed by atoms with E-state index in [-0.39, 0.29) is 6.04 Å². The van der Waals surface area contributed by atoms with Gasteiger partial charge in [0.15, 0.2) is 11.5 Å². The number of hydrogen-bond donors (Lipinski definition) is 1. The third-order valence-electron chi connectivity index (χ3n) is 4.27. The third kappa shape index (κ3) is 3.25. The van der Waals surface area contributed by atoms with E-state index >= 15 is 0 Å². The number of ether oxygens (including phenoxy) is 2. The minimum absolute atomic E-state index is 0.266. The van der Waals surface area contributed by atoms with Crippen LogP contribution in [-0.2, 0) is 0 Å². The number of methoxy groups -OCH3 is 2. The van der Waals surface area contributed by atoms with E-state index in [1.54, 1.807) is 14.2 Å². The SMILES string of the molecule is COc1ccc([C@@H](CN)N2CCC(C)CC2)cc1OC. The topological polar surface area (TPSA) is 47.7 Å². The minimum Gasteiger partial charge on any atom is -0.493 e. The van der Waals surface area contributed by atoms with Crippen molar-refractivity contribution in [2.75, 3.05) is 33.9 Å². The highest BCUT2D eigenvalue weighted by Gasteiger charge is 2.24. The minimum atomic E-state index is 0.266. The largest absolute Gasteiger partial charge is 0.493 e. The van der Waals surface area contributed by atoms with Crippen LogP contribution in [0.2, 0.25) is 0 Å². The molecule has 1 fully saturated rings. The molecule has 1 aromatic carbocycles. The Labute approximate surface area is 121 Å². The van der Waals surface area contributed by atoms with Crippen LogP contribution in [0.1, 0.15) is 31.4 Å². The second kappa shape index (κ2) is 6.95. The summed E-state index contributed by atoms with van der Waals surface area (Å²) in [6.07, 6.45) is 2.51. The Bertz CT molecular complexity index is 428. The van der Waals surface area contributed by atoms with Crippen molar-refractivity contribution < 1.29 is 9.47 Å². The predicted molar refractivity (Wildman–Crippen MR) is 81.3 cm³/mol. The molecule has 0 saturated carbocycles. The molecule has 1 heterocycles. The van der Waals surface area contributed by atoms with Gasteiger partial charge in [-0.1, -0.05) is 13.0 Å². The molecule has 0 aliphatic carbocycles. The first-order chi connectivity index (χ1) is 9.69. The van der Waals surface area contributed by atoms with Gasteiger partial charge in [0, 0.05) is 12.6 Å². The zero-order valence-corrected chi connectivity index (χ0v) is 12.8. The lowest BCUT2D eigenvalue weighted by atomic mass is 9.95. The Kier molecular flexibility index (Phi) is 5.26. The number of nitrogens with zero attached hydrogens (tertiary/aromatic N) is 1. The molecule has 2 N–H and O–H groups in total. The molecule has 2 rings (SSSR count). The normalized spacial score (nSPS) is 18.8. The van der Waals surface area contributed by atoms with Crippen LogP contribution < -0.4 is 15.2 Å². The fraction of sp³-hybridized carbons (Fsp3) is 0.625. The highest BCUT2D eigenvalue weighted by Crippen LogP contribution is 2.33. The molecule has 112 valence electrons. The summed E-state index contributed by atoms with van der Waals surface area (Å²) >= 11 is 0. The van der Waals surface area contributed by atoms with Crippen LogP contribution in [0.4, 0.5) is 0 Å². The summed E-state index contributed by atoms with van der Waals surface area (Å²) in [5.41, 5.74) is 7.23. The van der Waals surface area contributed by atoms with Gasteiger partial charge in [-0.05, 0) is 49.5 Å². The molecule has 0 bridgehead atoms. The molecule has 1 aliphatic heterocycles. The molecule has 0 unspecified atom stereocenters. The Morgan fingerprint density at radius 3 is 2.40 bits per heavy atom. The van der Waals surface area contributed by atoms with Crippen molar-refractivity contribution >= 4 is 0 Å². The summed E-state index contributed by atoms with van der Waals surface area (Å²) in [7, 11) is 3.33. The quantitative estimate of drug-likeness (QED) is 0.898. The van der Waals surface area contributed by atoms with E-state index in [9.17, 15) is 0 Å². The maximum absolute atomic E-state index is 6.02. The summed E-state index contributed by atoms with van der Waals surface area (Å²) < 4.78 is 10.7. The molecule has 4 heteroatoms. The van der Waals surface area contributed by atoms with Crippen LogP contribution in [0, 0.1) is 5.92 Å². The second-order valence-electron chi connectivity index (χ2n) is 5.58. The molecule has 0 spiro atoms. The first-order valence-corrected chi connectivity index (χ1v) is 7.35. The standard InChI is InChI=1S/C16H26N2O2/c1-12-6-8-18(9-7-12)14(11-17)13-4-5-15(19-2)16(10-13)20-3/h4-5,10,12,14H,6-9,11,17H2,1-3H3/t14-/m1/s1. The number of hydrogen-bond acceptors (Lipinski definition) is 4. The van der Waals surface area contributed by atoms with Crippen LogP contribution in [-0.4, -0.2) is 38.8 Å². The summed E-state index contributed by atoms with van der Waals surface area (Å²) in [6.45, 7) is 5.20. The Morgan fingerprint density at radius 2 is 1.85 bits per heavy atom. The van der Waals surface area contributed by atoms with Gasteiger partial charge in [0.1, 0.15) is 0 Å². The number of rotatable bonds is 5. The molecule has 1 aliphatic rings. The molecular formula is C16H26N2O2. The van der Waals surface area contributed by atoms with E-state index in [4.69, 9.17) is 15.2 Å². The first-order valence-electron chi connectivity index (χ1n) is 7.35. The molecule has 1 aromatic rings. The molecule has 0 amide bonds. The maximum Gasteiger partial charge on any atom is 0.161 e. The van der Waals surface area contributed by atoms with E-state index in [1.807, 2.05) is 12.1 Å². The molecule has 1 saturated heterocycles. The highest BCUT2D eigenvalue weighted by molar-refractivity contribution is 5.43. The van der Waals surface area contributed by atoms with Gasteiger partial charge in [-0.3, -0.25) is 4.90 Å². The molecule has 20 heavy (non-hydrogen) atoms. The fourth-order valence-electron chi connectivity index (χ4n) is 2.90. The van der Waals surface area contributed by atoms with Crippen LogP contribution in [0.5, 0.6) is 11.5 Å². The van der Waals surface area contributed by atoms with E-state index in [1.165, 1.54) is 18.4 Å². The lowest BCUT2D eigenvalue weighted by molar-refractivity contribution is 0.141. The van der Waals surface area contributed by atoms with Crippen molar-refractivity contribution in [2.45, 2.75) is 25.8 Å². The van der Waals surface area contributed by atoms with Crippen LogP contribution in [0.3, 0.4) is 0 Å². The second-order valence-corrected chi connectivity index (χ2v) is 5.58. The third-order valence-corrected chi connectivity index (χ3v) is 4.27. The Hall–Kier alpha value is -1.26. The summed E-state index contributed by atoms with van der Waals surface area (Å²) in [5.74, 6) is 2.36. The monoisotopic (exact) mass is 278 g/mol. The van der Waals surface area contributed by atoms with Gasteiger partial charge in [-0.2, -0.15) is 0 Å². The van der Waals surface area contributed by atoms with Gasteiger partial charge in [-0.25, -0.2) is 0 Å². The van der Waals surface area contributed by atoms with Gasteiger partial charge < -0.3 is 15.2 Å². The van der Waals surface area contributed by atoms with E-state index in [2.05, 4.69) is 17.9 Å². The average molecular weight is 278 g/mol. The lowest BCUT2D eigenvalue weighted by Crippen LogP contribution is -2.39. The van der Waals surface area contributed by atoms with Gasteiger partial charge in [0.2, 0.25) is 0 Å². The number of benzene rings is 1. The van der Waals surface area contributed by atoms with E-state index in [0.29, 0.717) is 6.54 Å². The molecule has 0 aromatic heterocycles. The maximum atomic E-state index is 6.02. The first kappa shape index (κ1) is 15.1. The number of likely N-dealkylation sites (tertiary alicyclic amines) is 1. The van der Waals surface area contributed by atoms with Crippen LogP contribution in [0.25, 0.3) is 0 Å². The van der Waals surface area contributed by atoms with Gasteiger partial charge in [-0.15, -0.1) is 0 Å².